The van der Waals surface area contributed by atoms with Crippen LogP contribution in [-0.2, 0) is 0 Å². The lowest BCUT2D eigenvalue weighted by Gasteiger charge is -2.16. The SMILES string of the molecule is O=C(Nc1ccc(N2CCCC2)nc1)c1sc2cc(F)ccc2c1Cl. The number of hydrogen-bond donors (Lipinski definition) is 1. The maximum atomic E-state index is 13.3. The monoisotopic (exact) mass is 375 g/mol. The lowest BCUT2D eigenvalue weighted by atomic mass is 10.2. The molecule has 0 unspecified atom stereocenters. The molecule has 3 aromatic rings. The zero-order valence-electron chi connectivity index (χ0n) is 13.3. The number of amides is 1. The standard InChI is InChI=1S/C18H15ClFN3OS/c19-16-13-5-3-11(20)9-14(13)25-17(16)18(24)22-12-4-6-15(21-10-12)23-7-1-2-8-23/h3-6,9-10H,1-2,7-8H2,(H,22,24). The van der Waals surface area contributed by atoms with Gasteiger partial charge in [-0.1, -0.05) is 11.6 Å². The van der Waals surface area contributed by atoms with Crippen LogP contribution < -0.4 is 10.2 Å². The van der Waals surface area contributed by atoms with Crippen LogP contribution >= 0.6 is 22.9 Å². The Morgan fingerprint density at radius 1 is 1.24 bits per heavy atom. The molecule has 0 spiro atoms. The van der Waals surface area contributed by atoms with Crippen LogP contribution in [-0.4, -0.2) is 24.0 Å². The van der Waals surface area contributed by atoms with E-state index in [4.69, 9.17) is 11.6 Å². The van der Waals surface area contributed by atoms with Gasteiger partial charge in [0, 0.05) is 23.2 Å². The fourth-order valence-corrected chi connectivity index (χ4v) is 4.40. The van der Waals surface area contributed by atoms with Crippen molar-refractivity contribution in [1.82, 2.24) is 4.98 Å². The highest BCUT2D eigenvalue weighted by Crippen LogP contribution is 2.36. The van der Waals surface area contributed by atoms with Gasteiger partial charge >= 0.3 is 0 Å². The van der Waals surface area contributed by atoms with Crippen LogP contribution in [0.4, 0.5) is 15.9 Å². The first-order valence-corrected chi connectivity index (χ1v) is 9.21. The van der Waals surface area contributed by atoms with E-state index in [2.05, 4.69) is 15.2 Å². The van der Waals surface area contributed by atoms with Gasteiger partial charge in [0.25, 0.3) is 5.91 Å². The molecule has 1 aliphatic rings. The van der Waals surface area contributed by atoms with Gasteiger partial charge < -0.3 is 10.2 Å². The highest BCUT2D eigenvalue weighted by atomic mass is 35.5. The van der Waals surface area contributed by atoms with Crippen LogP contribution in [0.3, 0.4) is 0 Å². The van der Waals surface area contributed by atoms with Gasteiger partial charge in [0.2, 0.25) is 0 Å². The maximum absolute atomic E-state index is 13.3. The Balaban J connectivity index is 1.54. The third kappa shape index (κ3) is 3.19. The molecule has 1 aliphatic heterocycles. The summed E-state index contributed by atoms with van der Waals surface area (Å²) < 4.78 is 14.0. The van der Waals surface area contributed by atoms with Gasteiger partial charge in [0.15, 0.2) is 0 Å². The van der Waals surface area contributed by atoms with Gasteiger partial charge in [-0.05, 0) is 43.2 Å². The molecular formula is C18H15ClFN3OS. The number of pyridine rings is 1. The Bertz CT molecular complexity index is 935. The molecule has 4 nitrogen and oxygen atoms in total. The summed E-state index contributed by atoms with van der Waals surface area (Å²) in [6.45, 7) is 2.04. The predicted molar refractivity (Wildman–Crippen MR) is 100 cm³/mol. The molecule has 2 aromatic heterocycles. The number of carbonyl (C=O) groups excluding carboxylic acids is 1. The third-order valence-corrected chi connectivity index (χ3v) is 5.89. The molecule has 25 heavy (non-hydrogen) atoms. The lowest BCUT2D eigenvalue weighted by molar-refractivity contribution is 0.103. The van der Waals surface area contributed by atoms with E-state index in [9.17, 15) is 9.18 Å². The van der Waals surface area contributed by atoms with Crippen LogP contribution in [0, 0.1) is 5.82 Å². The molecule has 0 saturated carbocycles. The molecule has 1 saturated heterocycles. The summed E-state index contributed by atoms with van der Waals surface area (Å²) in [6, 6.07) is 8.05. The molecule has 1 aromatic carbocycles. The second-order valence-electron chi connectivity index (χ2n) is 5.94. The summed E-state index contributed by atoms with van der Waals surface area (Å²) in [5, 5.41) is 3.83. The number of benzene rings is 1. The fourth-order valence-electron chi connectivity index (χ4n) is 2.97. The lowest BCUT2D eigenvalue weighted by Crippen LogP contribution is -2.19. The molecule has 0 aliphatic carbocycles. The molecule has 4 rings (SSSR count). The fraction of sp³-hybridized carbons (Fsp3) is 0.222. The third-order valence-electron chi connectivity index (χ3n) is 4.23. The van der Waals surface area contributed by atoms with Crippen molar-refractivity contribution < 1.29 is 9.18 Å². The number of thiophene rings is 1. The van der Waals surface area contributed by atoms with E-state index >= 15 is 0 Å². The van der Waals surface area contributed by atoms with Crippen LogP contribution in [0.1, 0.15) is 22.5 Å². The van der Waals surface area contributed by atoms with Crippen LogP contribution in [0.25, 0.3) is 10.1 Å². The van der Waals surface area contributed by atoms with Gasteiger partial charge in [-0.25, -0.2) is 9.37 Å². The van der Waals surface area contributed by atoms with Crippen molar-refractivity contribution in [3.63, 3.8) is 0 Å². The van der Waals surface area contributed by atoms with Gasteiger partial charge in [-0.2, -0.15) is 0 Å². The number of halogens is 2. The second kappa shape index (κ2) is 6.61. The summed E-state index contributed by atoms with van der Waals surface area (Å²) >= 11 is 7.46. The van der Waals surface area contributed by atoms with E-state index in [1.807, 2.05) is 12.1 Å². The highest BCUT2D eigenvalue weighted by Gasteiger charge is 2.18. The number of nitrogens with zero attached hydrogens (tertiary/aromatic N) is 2. The maximum Gasteiger partial charge on any atom is 0.267 e. The van der Waals surface area contributed by atoms with Gasteiger partial charge in [-0.15, -0.1) is 11.3 Å². The summed E-state index contributed by atoms with van der Waals surface area (Å²) in [4.78, 5) is 19.5. The minimum Gasteiger partial charge on any atom is -0.357 e. The van der Waals surface area contributed by atoms with Crippen LogP contribution in [0.2, 0.25) is 5.02 Å². The largest absolute Gasteiger partial charge is 0.357 e. The minimum atomic E-state index is -0.348. The van der Waals surface area contributed by atoms with Crippen molar-refractivity contribution in [1.29, 1.82) is 0 Å². The van der Waals surface area contributed by atoms with E-state index in [1.165, 1.54) is 36.3 Å². The Morgan fingerprint density at radius 2 is 2.04 bits per heavy atom. The molecule has 1 amide bonds. The number of aromatic nitrogens is 1. The van der Waals surface area contributed by atoms with E-state index in [1.54, 1.807) is 12.3 Å². The topological polar surface area (TPSA) is 45.2 Å². The number of nitrogens with one attached hydrogen (secondary N) is 1. The van der Waals surface area contributed by atoms with E-state index in [0.717, 1.165) is 18.9 Å². The molecule has 1 fully saturated rings. The van der Waals surface area contributed by atoms with Crippen molar-refractivity contribution in [3.05, 3.63) is 52.2 Å². The molecule has 128 valence electrons. The average Bonchev–Trinajstić information content (AvgIpc) is 3.24. The van der Waals surface area contributed by atoms with Crippen molar-refractivity contribution in [2.75, 3.05) is 23.3 Å². The average molecular weight is 376 g/mol. The number of hydrogen-bond acceptors (Lipinski definition) is 4. The van der Waals surface area contributed by atoms with E-state index in [0.29, 0.717) is 25.7 Å². The Labute approximate surface area is 153 Å². The molecule has 0 atom stereocenters. The zero-order valence-corrected chi connectivity index (χ0v) is 14.8. The van der Waals surface area contributed by atoms with Crippen LogP contribution in [0.5, 0.6) is 0 Å². The first-order chi connectivity index (χ1) is 12.1. The molecule has 3 heterocycles. The van der Waals surface area contributed by atoms with Crippen LogP contribution in [0.15, 0.2) is 36.5 Å². The Kier molecular flexibility index (Phi) is 4.31. The van der Waals surface area contributed by atoms with Crippen molar-refractivity contribution in [2.45, 2.75) is 12.8 Å². The molecular weight excluding hydrogens is 361 g/mol. The molecule has 0 radical (unpaired) electrons. The zero-order chi connectivity index (χ0) is 17.4. The Morgan fingerprint density at radius 3 is 2.76 bits per heavy atom. The number of carbonyl (C=O) groups is 1. The summed E-state index contributed by atoms with van der Waals surface area (Å²) in [6.07, 6.45) is 4.02. The molecule has 7 heteroatoms. The van der Waals surface area contributed by atoms with Crippen molar-refractivity contribution in [3.8, 4) is 0 Å². The smallest absolute Gasteiger partial charge is 0.267 e. The van der Waals surface area contributed by atoms with Crippen molar-refractivity contribution in [2.24, 2.45) is 0 Å². The summed E-state index contributed by atoms with van der Waals surface area (Å²) in [7, 11) is 0. The molecule has 1 N–H and O–H groups in total. The number of rotatable bonds is 3. The first-order valence-electron chi connectivity index (χ1n) is 8.02. The van der Waals surface area contributed by atoms with Gasteiger partial charge in [-0.3, -0.25) is 4.79 Å². The van der Waals surface area contributed by atoms with Gasteiger partial charge in [0.1, 0.15) is 16.5 Å². The Hall–Kier alpha value is -2.18. The number of anilines is 2. The van der Waals surface area contributed by atoms with E-state index in [-0.39, 0.29) is 11.7 Å². The second-order valence-corrected chi connectivity index (χ2v) is 7.37. The predicted octanol–water partition coefficient (Wildman–Crippen LogP) is 4.94. The highest BCUT2D eigenvalue weighted by molar-refractivity contribution is 7.21. The van der Waals surface area contributed by atoms with Crippen molar-refractivity contribution >= 4 is 50.4 Å². The summed E-state index contributed by atoms with van der Waals surface area (Å²) in [5.41, 5.74) is 0.604. The minimum absolute atomic E-state index is 0.317. The van der Waals surface area contributed by atoms with Gasteiger partial charge in [0.05, 0.1) is 16.9 Å². The normalized spacial score (nSPS) is 14.2. The number of fused-ring (bicyclic) bond motifs is 1. The quantitative estimate of drug-likeness (QED) is 0.705. The summed E-state index contributed by atoms with van der Waals surface area (Å²) in [5.74, 6) is 0.257. The first kappa shape index (κ1) is 16.3. The van der Waals surface area contributed by atoms with E-state index < -0.39 is 0 Å². The molecule has 0 bridgehead atoms.